The molecule has 2 fully saturated rings. The van der Waals surface area contributed by atoms with Crippen molar-refractivity contribution in [2.24, 2.45) is 11.8 Å². The van der Waals surface area contributed by atoms with Crippen LogP contribution in [0.5, 0.6) is 0 Å². The normalized spacial score (nSPS) is 23.2. The van der Waals surface area contributed by atoms with Crippen LogP contribution in [0, 0.1) is 11.8 Å². The van der Waals surface area contributed by atoms with E-state index < -0.39 is 11.6 Å². The van der Waals surface area contributed by atoms with Gasteiger partial charge in [-0.15, -0.1) is 11.3 Å². The quantitative estimate of drug-likeness (QED) is 0.468. The van der Waals surface area contributed by atoms with Crippen LogP contribution in [0.4, 0.5) is 10.5 Å². The van der Waals surface area contributed by atoms with Crippen LogP contribution in [0.15, 0.2) is 6.07 Å². The lowest BCUT2D eigenvalue weighted by Gasteiger charge is -2.35. The summed E-state index contributed by atoms with van der Waals surface area (Å²) in [5.74, 6) is 0.167. The molecule has 1 saturated heterocycles. The van der Waals surface area contributed by atoms with Gasteiger partial charge in [0.2, 0.25) is 5.91 Å². The minimum absolute atomic E-state index is 0.0522. The Kier molecular flexibility index (Phi) is 8.24. The maximum Gasteiger partial charge on any atom is 0.410 e. The SMILES string of the molecule is COC(=O)c1sc(C(C)(C)C)cc1N(C(=O)C1CCC(C)CC1)[C@H]1CCN(C(=O)OC(C)(C)C)C1. The molecule has 1 aromatic heterocycles. The number of rotatable bonds is 4. The number of anilines is 1. The molecule has 1 aliphatic heterocycles. The predicted molar refractivity (Wildman–Crippen MR) is 139 cm³/mol. The van der Waals surface area contributed by atoms with Crippen LogP contribution >= 0.6 is 11.3 Å². The van der Waals surface area contributed by atoms with Crippen molar-refractivity contribution >= 4 is 35.0 Å². The van der Waals surface area contributed by atoms with E-state index in [0.717, 1.165) is 30.6 Å². The first-order chi connectivity index (χ1) is 16.2. The van der Waals surface area contributed by atoms with Crippen molar-refractivity contribution in [1.82, 2.24) is 4.90 Å². The number of carbonyl (C=O) groups excluding carboxylic acids is 3. The summed E-state index contributed by atoms with van der Waals surface area (Å²) in [7, 11) is 1.37. The second-order valence-corrected chi connectivity index (χ2v) is 13.2. The summed E-state index contributed by atoms with van der Waals surface area (Å²) in [6.45, 7) is 15.0. The highest BCUT2D eigenvalue weighted by Gasteiger charge is 2.41. The summed E-state index contributed by atoms with van der Waals surface area (Å²) in [6.07, 6.45) is 4.02. The Morgan fingerprint density at radius 1 is 1.03 bits per heavy atom. The van der Waals surface area contributed by atoms with Crippen LogP contribution in [0.25, 0.3) is 0 Å². The zero-order valence-corrected chi connectivity index (χ0v) is 23.4. The van der Waals surface area contributed by atoms with E-state index >= 15 is 0 Å². The van der Waals surface area contributed by atoms with E-state index in [4.69, 9.17) is 9.47 Å². The molecule has 0 radical (unpaired) electrons. The van der Waals surface area contributed by atoms with Crippen molar-refractivity contribution in [3.05, 3.63) is 15.8 Å². The molecule has 0 spiro atoms. The number of nitrogens with zero attached hydrogens (tertiary/aromatic N) is 2. The molecule has 8 heteroatoms. The summed E-state index contributed by atoms with van der Waals surface area (Å²) in [5.41, 5.74) is -0.151. The number of hydrogen-bond donors (Lipinski definition) is 0. The number of hydrogen-bond acceptors (Lipinski definition) is 6. The summed E-state index contributed by atoms with van der Waals surface area (Å²) >= 11 is 1.39. The Bertz CT molecular complexity index is 934. The zero-order chi connectivity index (χ0) is 26.1. The fourth-order valence-electron chi connectivity index (χ4n) is 4.81. The smallest absolute Gasteiger partial charge is 0.410 e. The van der Waals surface area contributed by atoms with Crippen molar-refractivity contribution in [2.45, 2.75) is 97.6 Å². The van der Waals surface area contributed by atoms with Gasteiger partial charge in [-0.05, 0) is 70.3 Å². The molecular formula is C27H42N2O5S. The first kappa shape index (κ1) is 27.5. The minimum Gasteiger partial charge on any atom is -0.465 e. The van der Waals surface area contributed by atoms with E-state index in [-0.39, 0.29) is 29.4 Å². The summed E-state index contributed by atoms with van der Waals surface area (Å²) in [4.78, 5) is 44.6. The number of likely N-dealkylation sites (tertiary alicyclic amines) is 1. The van der Waals surface area contributed by atoms with Crippen LogP contribution < -0.4 is 4.90 Å². The third-order valence-corrected chi connectivity index (χ3v) is 8.39. The first-order valence-corrected chi connectivity index (χ1v) is 13.6. The van der Waals surface area contributed by atoms with Gasteiger partial charge < -0.3 is 19.3 Å². The van der Waals surface area contributed by atoms with Crippen molar-refractivity contribution < 1.29 is 23.9 Å². The molecule has 2 heterocycles. The number of amides is 2. The monoisotopic (exact) mass is 506 g/mol. The molecule has 1 atom stereocenters. The number of carbonyl (C=O) groups is 3. The molecule has 7 nitrogen and oxygen atoms in total. The standard InChI is InChI=1S/C27H42N2O5S/c1-17-9-11-18(12-10-17)23(30)29(19-13-14-28(16-19)25(32)34-27(5,6)7)20-15-21(26(2,3)4)35-22(20)24(31)33-8/h15,17-19H,9-14,16H2,1-8H3/t17?,18?,19-/m0/s1. The van der Waals surface area contributed by atoms with Gasteiger partial charge in [-0.1, -0.05) is 27.7 Å². The number of thiophene rings is 1. The van der Waals surface area contributed by atoms with Gasteiger partial charge in [0, 0.05) is 23.9 Å². The number of methoxy groups -OCH3 is 1. The predicted octanol–water partition coefficient (Wildman–Crippen LogP) is 6.00. The Balaban J connectivity index is 1.99. The molecule has 2 aliphatic rings. The highest BCUT2D eigenvalue weighted by atomic mass is 32.1. The lowest BCUT2D eigenvalue weighted by atomic mass is 9.82. The Morgan fingerprint density at radius 2 is 1.66 bits per heavy atom. The van der Waals surface area contributed by atoms with Crippen molar-refractivity contribution in [3.8, 4) is 0 Å². The second kappa shape index (κ2) is 10.5. The Labute approximate surface area is 214 Å². The lowest BCUT2D eigenvalue weighted by Crippen LogP contribution is -2.47. The van der Waals surface area contributed by atoms with E-state index in [2.05, 4.69) is 27.7 Å². The highest BCUT2D eigenvalue weighted by Crippen LogP contribution is 2.41. The fourth-order valence-corrected chi connectivity index (χ4v) is 5.94. The molecule has 0 unspecified atom stereocenters. The molecule has 196 valence electrons. The summed E-state index contributed by atoms with van der Waals surface area (Å²) in [6, 6.07) is 1.76. The van der Waals surface area contributed by atoms with Gasteiger partial charge in [0.25, 0.3) is 0 Å². The topological polar surface area (TPSA) is 76.2 Å². The van der Waals surface area contributed by atoms with Crippen LogP contribution in [-0.4, -0.2) is 54.7 Å². The van der Waals surface area contributed by atoms with E-state index in [1.807, 2.05) is 31.7 Å². The van der Waals surface area contributed by atoms with Gasteiger partial charge in [-0.3, -0.25) is 4.79 Å². The van der Waals surface area contributed by atoms with Crippen molar-refractivity contribution in [1.29, 1.82) is 0 Å². The van der Waals surface area contributed by atoms with Crippen LogP contribution in [0.3, 0.4) is 0 Å². The molecule has 1 aliphatic carbocycles. The van der Waals surface area contributed by atoms with Crippen LogP contribution in [0.1, 0.15) is 95.1 Å². The molecule has 1 saturated carbocycles. The van der Waals surface area contributed by atoms with Gasteiger partial charge in [-0.25, -0.2) is 9.59 Å². The zero-order valence-electron chi connectivity index (χ0n) is 22.6. The van der Waals surface area contributed by atoms with E-state index in [1.165, 1.54) is 18.4 Å². The second-order valence-electron chi connectivity index (χ2n) is 12.1. The number of ether oxygens (including phenoxy) is 2. The highest BCUT2D eigenvalue weighted by molar-refractivity contribution is 7.14. The van der Waals surface area contributed by atoms with Crippen LogP contribution in [-0.2, 0) is 19.7 Å². The van der Waals surface area contributed by atoms with Gasteiger partial charge in [0.15, 0.2) is 0 Å². The molecule has 0 N–H and O–H groups in total. The first-order valence-electron chi connectivity index (χ1n) is 12.7. The molecule has 1 aromatic rings. The van der Waals surface area contributed by atoms with Crippen molar-refractivity contribution in [2.75, 3.05) is 25.1 Å². The average Bonchev–Trinajstić information content (AvgIpc) is 3.41. The average molecular weight is 507 g/mol. The maximum absolute atomic E-state index is 14.1. The minimum atomic E-state index is -0.587. The molecule has 35 heavy (non-hydrogen) atoms. The van der Waals surface area contributed by atoms with Gasteiger partial charge in [0.05, 0.1) is 18.8 Å². The summed E-state index contributed by atoms with van der Waals surface area (Å²) in [5, 5.41) is 0. The fraction of sp³-hybridized carbons (Fsp3) is 0.741. The van der Waals surface area contributed by atoms with Crippen molar-refractivity contribution in [3.63, 3.8) is 0 Å². The number of esters is 1. The molecule has 3 rings (SSSR count). The lowest BCUT2D eigenvalue weighted by molar-refractivity contribution is -0.124. The Hall–Kier alpha value is -2.09. The third-order valence-electron chi connectivity index (χ3n) is 6.86. The molecule has 2 amide bonds. The Morgan fingerprint density at radius 3 is 2.20 bits per heavy atom. The van der Waals surface area contributed by atoms with Gasteiger partial charge >= 0.3 is 12.1 Å². The third kappa shape index (κ3) is 6.57. The molecule has 0 aromatic carbocycles. The van der Waals surface area contributed by atoms with E-state index in [1.54, 1.807) is 4.90 Å². The molecular weight excluding hydrogens is 464 g/mol. The van der Waals surface area contributed by atoms with Crippen LogP contribution in [0.2, 0.25) is 0 Å². The van der Waals surface area contributed by atoms with E-state index in [9.17, 15) is 14.4 Å². The van der Waals surface area contributed by atoms with E-state index in [0.29, 0.717) is 36.0 Å². The maximum atomic E-state index is 14.1. The summed E-state index contributed by atoms with van der Waals surface area (Å²) < 4.78 is 10.7. The van der Waals surface area contributed by atoms with Gasteiger partial charge in [0.1, 0.15) is 10.5 Å². The molecule has 0 bridgehead atoms. The van der Waals surface area contributed by atoms with Gasteiger partial charge in [-0.2, -0.15) is 0 Å². The largest absolute Gasteiger partial charge is 0.465 e.